The highest BCUT2D eigenvalue weighted by molar-refractivity contribution is 7.90. The number of sulfone groups is 1. The number of hydrogen-bond donors (Lipinski definition) is 2. The molecule has 1 amide bonds. The predicted octanol–water partition coefficient (Wildman–Crippen LogP) is 3.39. The topological polar surface area (TPSA) is 104 Å². The van der Waals surface area contributed by atoms with Gasteiger partial charge >= 0.3 is 0 Å². The maximum absolute atomic E-state index is 12.7. The van der Waals surface area contributed by atoms with Crippen molar-refractivity contribution in [3.63, 3.8) is 0 Å². The van der Waals surface area contributed by atoms with Gasteiger partial charge in [0.2, 0.25) is 11.9 Å². The number of aromatic nitrogens is 2. The first kappa shape index (κ1) is 23.9. The quantitative estimate of drug-likeness (QED) is 0.533. The Hall–Kier alpha value is -3.20. The summed E-state index contributed by atoms with van der Waals surface area (Å²) in [4.78, 5) is 24.3. The molecule has 1 saturated carbocycles. The minimum atomic E-state index is -3.22. The van der Waals surface area contributed by atoms with Crippen molar-refractivity contribution in [3.8, 4) is 0 Å². The molecule has 34 heavy (non-hydrogen) atoms. The van der Waals surface area contributed by atoms with Crippen LogP contribution in [-0.2, 0) is 21.2 Å². The highest BCUT2D eigenvalue weighted by Gasteiger charge is 2.26. The van der Waals surface area contributed by atoms with Crippen LogP contribution in [0.25, 0.3) is 10.9 Å². The summed E-state index contributed by atoms with van der Waals surface area (Å²) >= 11 is 0. The molecule has 0 saturated heterocycles. The third kappa shape index (κ3) is 5.64. The van der Waals surface area contributed by atoms with E-state index in [9.17, 15) is 13.2 Å². The molecular weight excluding hydrogens is 450 g/mol. The molecule has 4 rings (SSSR count). The summed E-state index contributed by atoms with van der Waals surface area (Å²) in [6.07, 6.45) is 4.51. The fourth-order valence-corrected chi connectivity index (χ4v) is 4.97. The average Bonchev–Trinajstić information content (AvgIpc) is 2.82. The molecule has 1 aromatic heterocycles. The summed E-state index contributed by atoms with van der Waals surface area (Å²) in [5, 5.41) is 7.48. The van der Waals surface area contributed by atoms with E-state index < -0.39 is 9.84 Å². The second-order valence-corrected chi connectivity index (χ2v) is 11.1. The highest BCUT2D eigenvalue weighted by atomic mass is 32.2. The van der Waals surface area contributed by atoms with Gasteiger partial charge in [-0.3, -0.25) is 4.79 Å². The van der Waals surface area contributed by atoms with Crippen LogP contribution in [0.2, 0.25) is 0 Å². The maximum atomic E-state index is 12.7. The van der Waals surface area contributed by atoms with Crippen LogP contribution in [0.4, 0.5) is 11.8 Å². The summed E-state index contributed by atoms with van der Waals surface area (Å²) < 4.78 is 23.2. The number of hydrogen-bond acceptors (Lipinski definition) is 7. The Labute approximate surface area is 200 Å². The zero-order valence-corrected chi connectivity index (χ0v) is 20.6. The van der Waals surface area contributed by atoms with Gasteiger partial charge in [0.15, 0.2) is 9.84 Å². The molecule has 0 unspecified atom stereocenters. The Kier molecular flexibility index (Phi) is 7.02. The van der Waals surface area contributed by atoms with E-state index in [1.807, 2.05) is 43.3 Å². The van der Waals surface area contributed by atoms with Crippen molar-refractivity contribution in [3.05, 3.63) is 54.1 Å². The van der Waals surface area contributed by atoms with E-state index in [2.05, 4.69) is 15.6 Å². The van der Waals surface area contributed by atoms with E-state index in [-0.39, 0.29) is 22.8 Å². The first-order chi connectivity index (χ1) is 16.2. The molecule has 3 aromatic rings. The number of carbonyl (C=O) groups excluding carboxylic acids is 1. The molecule has 0 radical (unpaired) electrons. The van der Waals surface area contributed by atoms with Crippen LogP contribution in [0.1, 0.15) is 31.2 Å². The number of nitrogens with one attached hydrogen (secondary N) is 2. The fourth-order valence-electron chi connectivity index (χ4n) is 4.34. The Balaban J connectivity index is 1.31. The predicted molar refractivity (Wildman–Crippen MR) is 135 cm³/mol. The number of nitrogens with zero attached hydrogens (tertiary/aromatic N) is 3. The van der Waals surface area contributed by atoms with Gasteiger partial charge < -0.3 is 15.5 Å². The molecule has 1 fully saturated rings. The van der Waals surface area contributed by atoms with E-state index in [1.54, 1.807) is 24.3 Å². The summed E-state index contributed by atoms with van der Waals surface area (Å²) in [5.41, 5.74) is 1.78. The number of amides is 1. The van der Waals surface area contributed by atoms with Gasteiger partial charge in [-0.25, -0.2) is 13.4 Å². The van der Waals surface area contributed by atoms with Crippen LogP contribution < -0.4 is 15.5 Å². The number of fused-ring (bicyclic) bond motifs is 1. The molecule has 2 N–H and O–H groups in total. The van der Waals surface area contributed by atoms with Crippen LogP contribution in [0.5, 0.6) is 0 Å². The minimum Gasteiger partial charge on any atom is -0.362 e. The number of benzene rings is 2. The van der Waals surface area contributed by atoms with Crippen LogP contribution in [0.3, 0.4) is 0 Å². The second-order valence-electron chi connectivity index (χ2n) is 9.11. The molecule has 1 heterocycles. The van der Waals surface area contributed by atoms with Gasteiger partial charge in [-0.2, -0.15) is 4.98 Å². The van der Waals surface area contributed by atoms with Gasteiger partial charge in [0, 0.05) is 44.2 Å². The van der Waals surface area contributed by atoms with E-state index in [4.69, 9.17) is 4.98 Å². The van der Waals surface area contributed by atoms with Crippen molar-refractivity contribution < 1.29 is 13.2 Å². The minimum absolute atomic E-state index is 0.0248. The molecule has 0 atom stereocenters. The molecule has 8 nitrogen and oxygen atoms in total. The summed E-state index contributed by atoms with van der Waals surface area (Å²) in [5.74, 6) is 1.52. The number of rotatable bonds is 7. The first-order valence-corrected chi connectivity index (χ1v) is 13.4. The summed E-state index contributed by atoms with van der Waals surface area (Å²) in [6, 6.07) is 14.8. The maximum Gasteiger partial charge on any atom is 0.225 e. The Morgan fingerprint density at radius 1 is 1.00 bits per heavy atom. The van der Waals surface area contributed by atoms with E-state index in [1.165, 1.54) is 6.26 Å². The normalized spacial score (nSPS) is 18.4. The van der Waals surface area contributed by atoms with Crippen LogP contribution >= 0.6 is 0 Å². The first-order valence-electron chi connectivity index (χ1n) is 11.5. The average molecular weight is 482 g/mol. The fraction of sp³-hybridized carbons (Fsp3) is 0.400. The lowest BCUT2D eigenvalue weighted by Crippen LogP contribution is -2.35. The standard InChI is InChI=1S/C25H31N5O3S/c1-30(2)23-21-6-4-5-7-22(21)28-25(29-23)27-19-12-10-18(11-13-19)24(31)26-16-17-8-14-20(15-9-17)34(3,32)33/h4-9,14-15,18-19H,10-13,16H2,1-3H3,(H,26,31)(H,27,28,29). The summed E-state index contributed by atoms with van der Waals surface area (Å²) in [7, 11) is 0.731. The van der Waals surface area contributed by atoms with Crippen LogP contribution in [-0.4, -0.2) is 50.7 Å². The Bertz CT molecular complexity index is 1270. The largest absolute Gasteiger partial charge is 0.362 e. The lowest BCUT2D eigenvalue weighted by atomic mass is 9.85. The van der Waals surface area contributed by atoms with Gasteiger partial charge in [0.05, 0.1) is 10.4 Å². The smallest absolute Gasteiger partial charge is 0.225 e. The molecule has 180 valence electrons. The molecule has 2 aromatic carbocycles. The molecule has 0 spiro atoms. The van der Waals surface area contributed by atoms with Gasteiger partial charge in [-0.05, 0) is 55.5 Å². The number of anilines is 2. The van der Waals surface area contributed by atoms with E-state index >= 15 is 0 Å². The Morgan fingerprint density at radius 2 is 1.68 bits per heavy atom. The van der Waals surface area contributed by atoms with Gasteiger partial charge in [0.1, 0.15) is 5.82 Å². The van der Waals surface area contributed by atoms with Crippen molar-refractivity contribution >= 4 is 38.4 Å². The lowest BCUT2D eigenvalue weighted by molar-refractivity contribution is -0.126. The van der Waals surface area contributed by atoms with Crippen LogP contribution in [0.15, 0.2) is 53.4 Å². The second kappa shape index (κ2) is 9.97. The summed E-state index contributed by atoms with van der Waals surface area (Å²) in [6.45, 7) is 0.388. The van der Waals surface area contributed by atoms with Crippen molar-refractivity contribution in [2.75, 3.05) is 30.6 Å². The third-order valence-corrected chi connectivity index (χ3v) is 7.38. The number of carbonyl (C=O) groups is 1. The molecule has 1 aliphatic rings. The highest BCUT2D eigenvalue weighted by Crippen LogP contribution is 2.28. The molecule has 0 aliphatic heterocycles. The van der Waals surface area contributed by atoms with Crippen molar-refractivity contribution in [2.24, 2.45) is 5.92 Å². The molecule has 1 aliphatic carbocycles. The zero-order chi connectivity index (χ0) is 24.3. The van der Waals surface area contributed by atoms with E-state index in [0.717, 1.165) is 48.0 Å². The van der Waals surface area contributed by atoms with Gasteiger partial charge in [-0.1, -0.05) is 24.3 Å². The van der Waals surface area contributed by atoms with Gasteiger partial charge in [-0.15, -0.1) is 0 Å². The SMILES string of the molecule is CN(C)c1nc(NC2CCC(C(=O)NCc3ccc(S(C)(=O)=O)cc3)CC2)nc2ccccc12. The van der Waals surface area contributed by atoms with Crippen LogP contribution in [0, 0.1) is 5.92 Å². The zero-order valence-electron chi connectivity index (χ0n) is 19.8. The lowest BCUT2D eigenvalue weighted by Gasteiger charge is -2.28. The molecule has 9 heteroatoms. The Morgan fingerprint density at radius 3 is 2.32 bits per heavy atom. The molecular formula is C25H31N5O3S. The monoisotopic (exact) mass is 481 g/mol. The van der Waals surface area contributed by atoms with Crippen molar-refractivity contribution in [1.82, 2.24) is 15.3 Å². The third-order valence-electron chi connectivity index (χ3n) is 6.26. The van der Waals surface area contributed by atoms with Gasteiger partial charge in [0.25, 0.3) is 0 Å². The van der Waals surface area contributed by atoms with E-state index in [0.29, 0.717) is 12.5 Å². The van der Waals surface area contributed by atoms with Crippen molar-refractivity contribution in [1.29, 1.82) is 0 Å². The van der Waals surface area contributed by atoms with Crippen molar-refractivity contribution in [2.45, 2.75) is 43.2 Å². The molecule has 0 bridgehead atoms. The number of para-hydroxylation sites is 1.